The lowest BCUT2D eigenvalue weighted by atomic mass is 10.1. The van der Waals surface area contributed by atoms with Gasteiger partial charge in [-0.15, -0.1) is 12.4 Å². The molecule has 0 aromatic heterocycles. The lowest BCUT2D eigenvalue weighted by Gasteiger charge is -2.28. The number of sulfonamides is 1. The molecule has 1 saturated heterocycles. The molecule has 0 bridgehead atoms. The molecule has 6 nitrogen and oxygen atoms in total. The van der Waals surface area contributed by atoms with Crippen LogP contribution in [0.25, 0.3) is 10.8 Å². The minimum atomic E-state index is -3.64. The molecule has 0 radical (unpaired) electrons. The van der Waals surface area contributed by atoms with Gasteiger partial charge >= 0.3 is 0 Å². The monoisotopic (exact) mass is 425 g/mol. The van der Waals surface area contributed by atoms with Crippen LogP contribution in [0.3, 0.4) is 0 Å². The predicted octanol–water partition coefficient (Wildman–Crippen LogP) is 2.53. The third kappa shape index (κ3) is 5.44. The second kappa shape index (κ2) is 10.2. The van der Waals surface area contributed by atoms with Crippen molar-refractivity contribution in [3.8, 4) is 0 Å². The van der Waals surface area contributed by atoms with E-state index in [1.54, 1.807) is 18.2 Å². The number of hydrogen-bond acceptors (Lipinski definition) is 4. The molecular formula is C20H28ClN3O3S. The smallest absolute Gasteiger partial charge is 0.240 e. The topological polar surface area (TPSA) is 78.5 Å². The van der Waals surface area contributed by atoms with E-state index in [0.29, 0.717) is 6.54 Å². The lowest BCUT2D eigenvalue weighted by Crippen LogP contribution is -2.43. The number of fused-ring (bicyclic) bond motifs is 1. The van der Waals surface area contributed by atoms with E-state index in [2.05, 4.69) is 10.0 Å². The summed E-state index contributed by atoms with van der Waals surface area (Å²) in [6, 6.07) is 12.9. The largest absolute Gasteiger partial charge is 0.338 e. The van der Waals surface area contributed by atoms with Crippen molar-refractivity contribution in [2.45, 2.75) is 37.1 Å². The number of carbonyl (C=O) groups excluding carboxylic acids is 1. The van der Waals surface area contributed by atoms with Crippen LogP contribution in [-0.2, 0) is 14.8 Å². The van der Waals surface area contributed by atoms with Gasteiger partial charge in [0.1, 0.15) is 0 Å². The zero-order valence-electron chi connectivity index (χ0n) is 16.1. The summed E-state index contributed by atoms with van der Waals surface area (Å²) in [5.41, 5.74) is 0. The van der Waals surface area contributed by atoms with Crippen LogP contribution in [0.5, 0.6) is 0 Å². The van der Waals surface area contributed by atoms with Crippen molar-refractivity contribution in [2.75, 3.05) is 26.2 Å². The SMILES string of the molecule is CCCN(C(=O)CCNS(=O)(=O)c1ccc2ccccc2c1)C1CCNC1.Cl. The first-order chi connectivity index (χ1) is 13.0. The van der Waals surface area contributed by atoms with Gasteiger partial charge in [0, 0.05) is 32.1 Å². The Morgan fingerprint density at radius 1 is 1.21 bits per heavy atom. The Morgan fingerprint density at radius 3 is 2.64 bits per heavy atom. The van der Waals surface area contributed by atoms with Gasteiger partial charge < -0.3 is 10.2 Å². The second-order valence-corrected chi connectivity index (χ2v) is 8.66. The maximum absolute atomic E-state index is 12.6. The Balaban J connectivity index is 0.00000280. The van der Waals surface area contributed by atoms with E-state index in [9.17, 15) is 13.2 Å². The van der Waals surface area contributed by atoms with Crippen molar-refractivity contribution in [3.63, 3.8) is 0 Å². The highest BCUT2D eigenvalue weighted by Crippen LogP contribution is 2.19. The van der Waals surface area contributed by atoms with Gasteiger partial charge in [-0.3, -0.25) is 4.79 Å². The van der Waals surface area contributed by atoms with Crippen LogP contribution in [0.15, 0.2) is 47.4 Å². The number of carbonyl (C=O) groups is 1. The van der Waals surface area contributed by atoms with Gasteiger partial charge in [0.25, 0.3) is 0 Å². The number of halogens is 1. The molecule has 28 heavy (non-hydrogen) atoms. The molecule has 1 amide bonds. The van der Waals surface area contributed by atoms with Gasteiger partial charge in [-0.1, -0.05) is 37.3 Å². The van der Waals surface area contributed by atoms with Crippen LogP contribution < -0.4 is 10.0 Å². The molecule has 0 saturated carbocycles. The number of hydrogen-bond donors (Lipinski definition) is 2. The Morgan fingerprint density at radius 2 is 1.96 bits per heavy atom. The first-order valence-electron chi connectivity index (χ1n) is 9.50. The van der Waals surface area contributed by atoms with Crippen LogP contribution in [-0.4, -0.2) is 51.4 Å². The fourth-order valence-electron chi connectivity index (χ4n) is 3.51. The van der Waals surface area contributed by atoms with Gasteiger partial charge in [-0.05, 0) is 42.3 Å². The summed E-state index contributed by atoms with van der Waals surface area (Å²) >= 11 is 0. The molecule has 2 N–H and O–H groups in total. The number of nitrogens with one attached hydrogen (secondary N) is 2. The minimum absolute atomic E-state index is 0. The molecular weight excluding hydrogens is 398 g/mol. The van der Waals surface area contributed by atoms with E-state index in [1.165, 1.54) is 0 Å². The quantitative estimate of drug-likeness (QED) is 0.681. The highest BCUT2D eigenvalue weighted by atomic mass is 35.5. The maximum atomic E-state index is 12.6. The second-order valence-electron chi connectivity index (χ2n) is 6.89. The highest BCUT2D eigenvalue weighted by molar-refractivity contribution is 7.89. The molecule has 8 heteroatoms. The molecule has 1 unspecified atom stereocenters. The Hall–Kier alpha value is -1.67. The van der Waals surface area contributed by atoms with Crippen molar-refractivity contribution >= 4 is 39.1 Å². The van der Waals surface area contributed by atoms with Gasteiger partial charge in [0.05, 0.1) is 4.90 Å². The van der Waals surface area contributed by atoms with Crippen LogP contribution >= 0.6 is 12.4 Å². The van der Waals surface area contributed by atoms with E-state index >= 15 is 0 Å². The Labute approximate surface area is 173 Å². The van der Waals surface area contributed by atoms with Crippen LogP contribution in [0.2, 0.25) is 0 Å². The molecule has 1 aliphatic heterocycles. The molecule has 2 aromatic carbocycles. The molecule has 3 rings (SSSR count). The summed E-state index contributed by atoms with van der Waals surface area (Å²) in [6.07, 6.45) is 2.02. The lowest BCUT2D eigenvalue weighted by molar-refractivity contribution is -0.133. The van der Waals surface area contributed by atoms with Crippen molar-refractivity contribution < 1.29 is 13.2 Å². The molecule has 0 spiro atoms. The molecule has 0 aliphatic carbocycles. The third-order valence-corrected chi connectivity index (χ3v) is 6.38. The summed E-state index contributed by atoms with van der Waals surface area (Å²) in [7, 11) is -3.64. The number of rotatable bonds is 8. The van der Waals surface area contributed by atoms with Crippen molar-refractivity contribution in [1.29, 1.82) is 0 Å². The number of amides is 1. The first kappa shape index (κ1) is 22.6. The van der Waals surface area contributed by atoms with Crippen LogP contribution in [0.1, 0.15) is 26.2 Å². The number of benzene rings is 2. The van der Waals surface area contributed by atoms with Gasteiger partial charge in [0.2, 0.25) is 15.9 Å². The van der Waals surface area contributed by atoms with Crippen LogP contribution in [0, 0.1) is 0 Å². The fraction of sp³-hybridized carbons (Fsp3) is 0.450. The van der Waals surface area contributed by atoms with E-state index in [1.807, 2.05) is 36.1 Å². The molecule has 1 heterocycles. The normalized spacial score (nSPS) is 16.7. The first-order valence-corrected chi connectivity index (χ1v) is 11.0. The van der Waals surface area contributed by atoms with Crippen molar-refractivity contribution in [3.05, 3.63) is 42.5 Å². The standard InChI is InChI=1S/C20H27N3O3S.ClH/c1-2-13-23(18-9-11-21-15-18)20(24)10-12-22-27(25,26)19-8-7-16-5-3-4-6-17(16)14-19;/h3-8,14,18,21-22H,2,9-13,15H2,1H3;1H. The minimum Gasteiger partial charge on any atom is -0.338 e. The summed E-state index contributed by atoms with van der Waals surface area (Å²) < 4.78 is 27.7. The van der Waals surface area contributed by atoms with Gasteiger partial charge in [-0.2, -0.15) is 0 Å². The van der Waals surface area contributed by atoms with E-state index < -0.39 is 10.0 Å². The zero-order chi connectivity index (χ0) is 19.3. The molecule has 2 aromatic rings. The Bertz CT molecular complexity index is 898. The van der Waals surface area contributed by atoms with Crippen molar-refractivity contribution in [2.24, 2.45) is 0 Å². The fourth-order valence-corrected chi connectivity index (χ4v) is 4.58. The summed E-state index contributed by atoms with van der Waals surface area (Å²) in [5, 5.41) is 5.14. The molecule has 1 fully saturated rings. The highest BCUT2D eigenvalue weighted by Gasteiger charge is 2.25. The van der Waals surface area contributed by atoms with Crippen molar-refractivity contribution in [1.82, 2.24) is 14.9 Å². The predicted molar refractivity (Wildman–Crippen MR) is 114 cm³/mol. The summed E-state index contributed by atoms with van der Waals surface area (Å²) in [6.45, 7) is 4.60. The van der Waals surface area contributed by atoms with E-state index in [-0.39, 0.29) is 42.2 Å². The van der Waals surface area contributed by atoms with Gasteiger partial charge in [0.15, 0.2) is 0 Å². The Kier molecular flexibility index (Phi) is 8.24. The number of nitrogens with zero attached hydrogens (tertiary/aromatic N) is 1. The average Bonchev–Trinajstić information content (AvgIpc) is 3.19. The summed E-state index contributed by atoms with van der Waals surface area (Å²) in [4.78, 5) is 14.7. The third-order valence-electron chi connectivity index (χ3n) is 4.92. The zero-order valence-corrected chi connectivity index (χ0v) is 17.7. The van der Waals surface area contributed by atoms with Crippen LogP contribution in [0.4, 0.5) is 0 Å². The molecule has 1 atom stereocenters. The van der Waals surface area contributed by atoms with E-state index in [0.717, 1.165) is 36.7 Å². The maximum Gasteiger partial charge on any atom is 0.240 e. The summed E-state index contributed by atoms with van der Waals surface area (Å²) in [5.74, 6) is 0.00626. The molecule has 1 aliphatic rings. The molecule has 154 valence electrons. The van der Waals surface area contributed by atoms with E-state index in [4.69, 9.17) is 0 Å². The van der Waals surface area contributed by atoms with Gasteiger partial charge in [-0.25, -0.2) is 13.1 Å². The average molecular weight is 426 g/mol.